The summed E-state index contributed by atoms with van der Waals surface area (Å²) < 4.78 is 29.4. The molecule has 46 heavy (non-hydrogen) atoms. The first-order valence-electron chi connectivity index (χ1n) is 14.8. The lowest BCUT2D eigenvalue weighted by molar-refractivity contribution is -0.140. The van der Waals surface area contributed by atoms with Crippen LogP contribution in [0.5, 0.6) is 0 Å². The van der Waals surface area contributed by atoms with Crippen molar-refractivity contribution in [2.75, 3.05) is 10.8 Å². The number of nitrogens with one attached hydrogen (secondary N) is 1. The summed E-state index contributed by atoms with van der Waals surface area (Å²) in [4.78, 5) is 30.0. The van der Waals surface area contributed by atoms with E-state index >= 15 is 0 Å². The zero-order valence-corrected chi connectivity index (χ0v) is 28.9. The molecule has 0 aliphatic rings. The Kier molecular flexibility index (Phi) is 12.1. The molecule has 0 aliphatic carbocycles. The molecular formula is C35H36Cl3N3O4S. The number of benzene rings is 4. The van der Waals surface area contributed by atoms with Gasteiger partial charge in [-0.2, -0.15) is 0 Å². The van der Waals surface area contributed by atoms with Crippen LogP contribution >= 0.6 is 34.8 Å². The average Bonchev–Trinajstić information content (AvgIpc) is 3.04. The molecule has 0 heterocycles. The quantitative estimate of drug-likeness (QED) is 0.155. The molecule has 2 atom stereocenters. The van der Waals surface area contributed by atoms with Crippen molar-refractivity contribution in [2.45, 2.75) is 57.1 Å². The van der Waals surface area contributed by atoms with E-state index in [9.17, 15) is 18.0 Å². The van der Waals surface area contributed by atoms with Gasteiger partial charge in [0.2, 0.25) is 11.8 Å². The summed E-state index contributed by atoms with van der Waals surface area (Å²) in [7, 11) is -4.25. The molecule has 0 spiro atoms. The zero-order chi connectivity index (χ0) is 33.4. The zero-order valence-electron chi connectivity index (χ0n) is 25.8. The number of nitrogens with zero attached hydrogens (tertiary/aromatic N) is 2. The van der Waals surface area contributed by atoms with Crippen molar-refractivity contribution < 1.29 is 18.0 Å². The maximum Gasteiger partial charge on any atom is 0.264 e. The largest absolute Gasteiger partial charge is 0.352 e. The van der Waals surface area contributed by atoms with Gasteiger partial charge in [0.25, 0.3) is 10.0 Å². The minimum absolute atomic E-state index is 0.00446. The SMILES string of the molecule is CCC(C)NC(=O)C(Cc1ccccc1)N(Cc1ccc(Cl)cc1Cl)C(=O)CN(c1cccc(Cl)c1C)S(=O)(=O)c1ccccc1. The standard InChI is InChI=1S/C35H36Cl3N3O4S/c1-4-24(2)39-35(43)33(20-26-12-7-5-8-13-26)40(22-27-18-19-28(36)21-31(27)38)34(42)23-41(32-17-11-16-30(37)25(32)3)46(44,45)29-14-9-6-10-15-29/h5-19,21,24,33H,4,20,22-23H2,1-3H3,(H,39,43). The van der Waals surface area contributed by atoms with Crippen molar-refractivity contribution >= 4 is 62.3 Å². The van der Waals surface area contributed by atoms with E-state index in [2.05, 4.69) is 5.32 Å². The number of sulfonamides is 1. The summed E-state index contributed by atoms with van der Waals surface area (Å²) in [6.07, 6.45) is 0.861. The number of amides is 2. The number of hydrogen-bond acceptors (Lipinski definition) is 4. The van der Waals surface area contributed by atoms with Crippen LogP contribution in [0.2, 0.25) is 15.1 Å². The van der Waals surface area contributed by atoms with Crippen molar-refractivity contribution in [1.29, 1.82) is 0 Å². The predicted molar refractivity (Wildman–Crippen MR) is 186 cm³/mol. The average molecular weight is 701 g/mol. The lowest BCUT2D eigenvalue weighted by atomic mass is 10.0. The minimum Gasteiger partial charge on any atom is -0.352 e. The monoisotopic (exact) mass is 699 g/mol. The lowest BCUT2D eigenvalue weighted by Gasteiger charge is -2.35. The van der Waals surface area contributed by atoms with E-state index in [1.54, 1.807) is 61.5 Å². The molecule has 4 aromatic rings. The van der Waals surface area contributed by atoms with E-state index in [1.165, 1.54) is 17.0 Å². The Labute approximate surface area is 286 Å². The molecule has 1 N–H and O–H groups in total. The fourth-order valence-electron chi connectivity index (χ4n) is 4.93. The third-order valence-corrected chi connectivity index (χ3v) is 10.5. The van der Waals surface area contributed by atoms with Gasteiger partial charge in [0, 0.05) is 34.1 Å². The summed E-state index contributed by atoms with van der Waals surface area (Å²) in [5, 5.41) is 4.09. The van der Waals surface area contributed by atoms with Gasteiger partial charge in [0.05, 0.1) is 10.6 Å². The molecule has 2 amide bonds. The molecule has 0 bridgehead atoms. The van der Waals surface area contributed by atoms with Gasteiger partial charge >= 0.3 is 0 Å². The smallest absolute Gasteiger partial charge is 0.264 e. The van der Waals surface area contributed by atoms with Crippen molar-refractivity contribution in [3.8, 4) is 0 Å². The molecule has 7 nitrogen and oxygen atoms in total. The van der Waals surface area contributed by atoms with Gasteiger partial charge in [-0.1, -0.05) is 102 Å². The number of halogens is 3. The maximum atomic E-state index is 14.6. The summed E-state index contributed by atoms with van der Waals surface area (Å²) >= 11 is 19.2. The van der Waals surface area contributed by atoms with Gasteiger partial charge in [-0.25, -0.2) is 8.42 Å². The number of carbonyl (C=O) groups is 2. The highest BCUT2D eigenvalue weighted by atomic mass is 35.5. The first-order chi connectivity index (χ1) is 21.9. The van der Waals surface area contributed by atoms with Crippen LogP contribution < -0.4 is 9.62 Å². The van der Waals surface area contributed by atoms with Gasteiger partial charge in [-0.15, -0.1) is 0 Å². The third-order valence-electron chi connectivity index (χ3n) is 7.75. The second-order valence-corrected chi connectivity index (χ2v) is 14.1. The van der Waals surface area contributed by atoms with Gasteiger partial charge in [0.1, 0.15) is 12.6 Å². The molecule has 0 radical (unpaired) electrons. The van der Waals surface area contributed by atoms with Gasteiger partial charge in [-0.3, -0.25) is 13.9 Å². The minimum atomic E-state index is -4.25. The second-order valence-electron chi connectivity index (χ2n) is 11.0. The van der Waals surface area contributed by atoms with E-state index in [4.69, 9.17) is 34.8 Å². The molecule has 0 saturated heterocycles. The number of carbonyl (C=O) groups excluding carboxylic acids is 2. The molecule has 4 aromatic carbocycles. The van der Waals surface area contributed by atoms with E-state index < -0.39 is 28.5 Å². The van der Waals surface area contributed by atoms with Crippen molar-refractivity contribution in [3.63, 3.8) is 0 Å². The number of rotatable bonds is 13. The molecule has 2 unspecified atom stereocenters. The highest BCUT2D eigenvalue weighted by Gasteiger charge is 2.35. The van der Waals surface area contributed by atoms with Crippen LogP contribution in [-0.4, -0.2) is 43.8 Å². The lowest BCUT2D eigenvalue weighted by Crippen LogP contribution is -2.54. The summed E-state index contributed by atoms with van der Waals surface area (Å²) in [5.74, 6) is -0.974. The van der Waals surface area contributed by atoms with E-state index in [0.717, 1.165) is 9.87 Å². The molecule has 0 fully saturated rings. The Morgan fingerprint density at radius 3 is 2.13 bits per heavy atom. The topological polar surface area (TPSA) is 86.8 Å². The van der Waals surface area contributed by atoms with E-state index in [-0.39, 0.29) is 35.5 Å². The Hall–Kier alpha value is -3.56. The van der Waals surface area contributed by atoms with Crippen LogP contribution in [0.3, 0.4) is 0 Å². The Morgan fingerprint density at radius 2 is 1.50 bits per heavy atom. The van der Waals surface area contributed by atoms with Crippen LogP contribution in [0.1, 0.15) is 37.0 Å². The van der Waals surface area contributed by atoms with Gasteiger partial charge < -0.3 is 10.2 Å². The number of hydrogen-bond donors (Lipinski definition) is 1. The normalized spacial score (nSPS) is 12.7. The van der Waals surface area contributed by atoms with E-state index in [0.29, 0.717) is 32.6 Å². The molecule has 242 valence electrons. The van der Waals surface area contributed by atoms with Crippen LogP contribution in [0.25, 0.3) is 0 Å². The molecule has 4 rings (SSSR count). The van der Waals surface area contributed by atoms with Crippen molar-refractivity contribution in [1.82, 2.24) is 10.2 Å². The highest BCUT2D eigenvalue weighted by Crippen LogP contribution is 2.32. The maximum absolute atomic E-state index is 14.6. The van der Waals surface area contributed by atoms with Crippen molar-refractivity contribution in [2.24, 2.45) is 0 Å². The molecule has 11 heteroatoms. The summed E-state index contributed by atoms with van der Waals surface area (Å²) in [5.41, 5.74) is 2.11. The van der Waals surface area contributed by atoms with Crippen molar-refractivity contribution in [3.05, 3.63) is 129 Å². The van der Waals surface area contributed by atoms with Crippen LogP contribution in [0.15, 0.2) is 102 Å². The first kappa shape index (κ1) is 35.3. The second kappa shape index (κ2) is 15.8. The Bertz CT molecular complexity index is 1770. The molecule has 0 aliphatic heterocycles. The van der Waals surface area contributed by atoms with Crippen LogP contribution in [0, 0.1) is 6.92 Å². The Balaban J connectivity index is 1.85. The fraction of sp³-hybridized carbons (Fsp3) is 0.257. The predicted octanol–water partition coefficient (Wildman–Crippen LogP) is 7.71. The summed E-state index contributed by atoms with van der Waals surface area (Å²) in [6, 6.07) is 25.8. The Morgan fingerprint density at radius 1 is 0.848 bits per heavy atom. The van der Waals surface area contributed by atoms with E-state index in [1.807, 2.05) is 44.2 Å². The first-order valence-corrected chi connectivity index (χ1v) is 17.4. The number of anilines is 1. The fourth-order valence-corrected chi connectivity index (χ4v) is 7.06. The summed E-state index contributed by atoms with van der Waals surface area (Å²) in [6.45, 7) is 4.85. The highest BCUT2D eigenvalue weighted by molar-refractivity contribution is 7.92. The molecular weight excluding hydrogens is 665 g/mol. The van der Waals surface area contributed by atoms with Gasteiger partial charge in [0.15, 0.2) is 0 Å². The third kappa shape index (κ3) is 8.62. The molecule has 0 aromatic heterocycles. The van der Waals surface area contributed by atoms with Gasteiger partial charge in [-0.05, 0) is 73.4 Å². The van der Waals surface area contributed by atoms with Crippen LogP contribution in [0.4, 0.5) is 5.69 Å². The molecule has 0 saturated carbocycles. The van der Waals surface area contributed by atoms with Crippen LogP contribution in [-0.2, 0) is 32.6 Å².